The van der Waals surface area contributed by atoms with Gasteiger partial charge in [0.1, 0.15) is 5.75 Å². The summed E-state index contributed by atoms with van der Waals surface area (Å²) in [6.45, 7) is 5.41. The summed E-state index contributed by atoms with van der Waals surface area (Å²) in [5.41, 5.74) is 1.55. The first-order chi connectivity index (χ1) is 9.72. The van der Waals surface area contributed by atoms with Crippen molar-refractivity contribution in [2.24, 2.45) is 0 Å². The highest BCUT2D eigenvalue weighted by Gasteiger charge is 2.12. The van der Waals surface area contributed by atoms with Gasteiger partial charge in [0.05, 0.1) is 5.69 Å². The molecule has 0 fully saturated rings. The van der Waals surface area contributed by atoms with Gasteiger partial charge in [-0.3, -0.25) is 4.98 Å². The summed E-state index contributed by atoms with van der Waals surface area (Å²) in [6, 6.07) is 8.54. The summed E-state index contributed by atoms with van der Waals surface area (Å²) < 4.78 is 19.7. The number of pyridine rings is 1. The smallest absolute Gasteiger partial charge is 0.167 e. The maximum absolute atomic E-state index is 14.0. The molecule has 2 rings (SSSR count). The van der Waals surface area contributed by atoms with Crippen LogP contribution in [0.25, 0.3) is 0 Å². The van der Waals surface area contributed by atoms with Crippen LogP contribution in [0.3, 0.4) is 0 Å². The average Bonchev–Trinajstić information content (AvgIpc) is 2.44. The van der Waals surface area contributed by atoms with Crippen LogP contribution in [0.5, 0.6) is 11.5 Å². The van der Waals surface area contributed by atoms with E-state index in [-0.39, 0.29) is 11.6 Å². The third-order valence-electron chi connectivity index (χ3n) is 2.96. The molecule has 0 unspecified atom stereocenters. The second kappa shape index (κ2) is 7.01. The molecule has 2 aromatic rings. The van der Waals surface area contributed by atoms with Gasteiger partial charge >= 0.3 is 0 Å². The Morgan fingerprint density at radius 2 is 2.10 bits per heavy atom. The Morgan fingerprint density at radius 1 is 1.25 bits per heavy atom. The van der Waals surface area contributed by atoms with Crippen molar-refractivity contribution >= 4 is 0 Å². The largest absolute Gasteiger partial charge is 0.452 e. The second-order valence-electron chi connectivity index (χ2n) is 4.59. The molecule has 1 aromatic heterocycles. The quantitative estimate of drug-likeness (QED) is 0.813. The van der Waals surface area contributed by atoms with Crippen LogP contribution in [-0.4, -0.2) is 11.5 Å². The Hall–Kier alpha value is -1.94. The van der Waals surface area contributed by atoms with Crippen molar-refractivity contribution in [2.75, 3.05) is 6.54 Å². The van der Waals surface area contributed by atoms with Crippen LogP contribution in [-0.2, 0) is 6.54 Å². The first-order valence-corrected chi connectivity index (χ1v) is 6.80. The molecule has 0 radical (unpaired) electrons. The zero-order valence-electron chi connectivity index (χ0n) is 11.8. The highest BCUT2D eigenvalue weighted by atomic mass is 19.1. The zero-order valence-corrected chi connectivity index (χ0v) is 11.8. The third kappa shape index (κ3) is 3.54. The Labute approximate surface area is 118 Å². The molecule has 4 heteroatoms. The van der Waals surface area contributed by atoms with Crippen molar-refractivity contribution in [1.29, 1.82) is 0 Å². The van der Waals surface area contributed by atoms with E-state index in [1.165, 1.54) is 6.07 Å². The molecule has 106 valence electrons. The van der Waals surface area contributed by atoms with E-state index in [0.717, 1.165) is 24.2 Å². The summed E-state index contributed by atoms with van der Waals surface area (Å²) in [4.78, 5) is 4.15. The van der Waals surface area contributed by atoms with Crippen LogP contribution in [0.4, 0.5) is 4.39 Å². The Bertz CT molecular complexity index is 572. The fourth-order valence-electron chi connectivity index (χ4n) is 1.89. The van der Waals surface area contributed by atoms with E-state index in [1.54, 1.807) is 24.4 Å². The maximum Gasteiger partial charge on any atom is 0.167 e. The van der Waals surface area contributed by atoms with E-state index >= 15 is 0 Å². The molecule has 1 heterocycles. The predicted octanol–water partition coefficient (Wildman–Crippen LogP) is 3.82. The zero-order chi connectivity index (χ0) is 14.4. The molecule has 0 aliphatic heterocycles. The van der Waals surface area contributed by atoms with E-state index in [1.807, 2.05) is 13.0 Å². The molecular formula is C16H19FN2O. The number of aromatic nitrogens is 1. The van der Waals surface area contributed by atoms with Gasteiger partial charge in [0.2, 0.25) is 0 Å². The van der Waals surface area contributed by atoms with E-state index in [2.05, 4.69) is 17.2 Å². The Morgan fingerprint density at radius 3 is 2.85 bits per heavy atom. The lowest BCUT2D eigenvalue weighted by Gasteiger charge is -2.13. The molecule has 0 aliphatic rings. The molecule has 0 saturated heterocycles. The fraction of sp³-hybridized carbons (Fsp3) is 0.312. The van der Waals surface area contributed by atoms with Crippen molar-refractivity contribution in [3.63, 3.8) is 0 Å². The SMILES string of the molecule is CCCNCc1cccc(F)c1Oc1cccnc1C. The van der Waals surface area contributed by atoms with Crippen molar-refractivity contribution in [3.05, 3.63) is 53.6 Å². The highest BCUT2D eigenvalue weighted by molar-refractivity contribution is 5.40. The van der Waals surface area contributed by atoms with Crippen LogP contribution in [0.2, 0.25) is 0 Å². The van der Waals surface area contributed by atoms with E-state index in [9.17, 15) is 4.39 Å². The average molecular weight is 274 g/mol. The van der Waals surface area contributed by atoms with Crippen LogP contribution in [0.1, 0.15) is 24.6 Å². The summed E-state index contributed by atoms with van der Waals surface area (Å²) in [5, 5.41) is 3.26. The molecule has 0 saturated carbocycles. The van der Waals surface area contributed by atoms with Gasteiger partial charge in [0.25, 0.3) is 0 Å². The molecule has 0 atom stereocenters. The number of hydrogen-bond acceptors (Lipinski definition) is 3. The van der Waals surface area contributed by atoms with Crippen LogP contribution in [0.15, 0.2) is 36.5 Å². The van der Waals surface area contributed by atoms with Gasteiger partial charge in [-0.2, -0.15) is 0 Å². The normalized spacial score (nSPS) is 10.6. The lowest BCUT2D eigenvalue weighted by atomic mass is 10.2. The number of halogens is 1. The molecular weight excluding hydrogens is 255 g/mol. The third-order valence-corrected chi connectivity index (χ3v) is 2.96. The summed E-state index contributed by atoms with van der Waals surface area (Å²) >= 11 is 0. The van der Waals surface area contributed by atoms with Gasteiger partial charge in [-0.05, 0) is 38.1 Å². The van der Waals surface area contributed by atoms with Gasteiger partial charge in [0, 0.05) is 18.3 Å². The van der Waals surface area contributed by atoms with Gasteiger partial charge < -0.3 is 10.1 Å². The first-order valence-electron chi connectivity index (χ1n) is 6.80. The number of aryl methyl sites for hydroxylation is 1. The molecule has 0 amide bonds. The number of ether oxygens (including phenoxy) is 1. The molecule has 0 aliphatic carbocycles. The lowest BCUT2D eigenvalue weighted by Crippen LogP contribution is -2.14. The molecule has 0 bridgehead atoms. The van der Waals surface area contributed by atoms with Crippen molar-refractivity contribution in [2.45, 2.75) is 26.8 Å². The monoisotopic (exact) mass is 274 g/mol. The predicted molar refractivity (Wildman–Crippen MR) is 77.4 cm³/mol. The first kappa shape index (κ1) is 14.5. The van der Waals surface area contributed by atoms with Crippen LogP contribution in [0, 0.1) is 12.7 Å². The van der Waals surface area contributed by atoms with Gasteiger partial charge in [-0.15, -0.1) is 0 Å². The standard InChI is InChI=1S/C16H19FN2O/c1-3-9-18-11-13-6-4-7-14(17)16(13)20-15-8-5-10-19-12(15)2/h4-8,10,18H,3,9,11H2,1-2H3. The number of para-hydroxylation sites is 1. The van der Waals surface area contributed by atoms with E-state index in [4.69, 9.17) is 4.74 Å². The summed E-state index contributed by atoms with van der Waals surface area (Å²) in [6.07, 6.45) is 2.72. The highest BCUT2D eigenvalue weighted by Crippen LogP contribution is 2.29. The number of hydrogen-bond donors (Lipinski definition) is 1. The minimum atomic E-state index is -0.357. The van der Waals surface area contributed by atoms with Crippen molar-refractivity contribution in [3.8, 4) is 11.5 Å². The van der Waals surface area contributed by atoms with E-state index < -0.39 is 0 Å². The summed E-state index contributed by atoms with van der Waals surface area (Å²) in [7, 11) is 0. The minimum absolute atomic E-state index is 0.271. The fourth-order valence-corrected chi connectivity index (χ4v) is 1.89. The van der Waals surface area contributed by atoms with E-state index in [0.29, 0.717) is 12.3 Å². The number of benzene rings is 1. The molecule has 1 N–H and O–H groups in total. The minimum Gasteiger partial charge on any atom is -0.452 e. The van der Waals surface area contributed by atoms with Crippen molar-refractivity contribution < 1.29 is 9.13 Å². The maximum atomic E-state index is 14.0. The van der Waals surface area contributed by atoms with Crippen molar-refractivity contribution in [1.82, 2.24) is 10.3 Å². The lowest BCUT2D eigenvalue weighted by molar-refractivity contribution is 0.429. The topological polar surface area (TPSA) is 34.1 Å². The molecule has 1 aromatic carbocycles. The Kier molecular flexibility index (Phi) is 5.07. The van der Waals surface area contributed by atoms with Gasteiger partial charge in [-0.25, -0.2) is 4.39 Å². The number of rotatable bonds is 6. The molecule has 3 nitrogen and oxygen atoms in total. The van der Waals surface area contributed by atoms with Crippen LogP contribution >= 0.6 is 0 Å². The molecule has 20 heavy (non-hydrogen) atoms. The molecule has 0 spiro atoms. The Balaban J connectivity index is 2.23. The number of nitrogens with zero attached hydrogens (tertiary/aromatic N) is 1. The van der Waals surface area contributed by atoms with Crippen LogP contribution < -0.4 is 10.1 Å². The number of nitrogens with one attached hydrogen (secondary N) is 1. The second-order valence-corrected chi connectivity index (χ2v) is 4.59. The van der Waals surface area contributed by atoms with Gasteiger partial charge in [-0.1, -0.05) is 19.1 Å². The summed E-state index contributed by atoms with van der Waals surface area (Å²) in [5.74, 6) is 0.491. The van der Waals surface area contributed by atoms with Gasteiger partial charge in [0.15, 0.2) is 11.6 Å².